The topological polar surface area (TPSA) is 38.8 Å². The lowest BCUT2D eigenvalue weighted by atomic mass is 10.1. The highest BCUT2D eigenvalue weighted by Crippen LogP contribution is 2.30. The number of hydrogen-bond donors (Lipinski definition) is 0. The second kappa shape index (κ2) is 7.34. The van der Waals surface area contributed by atoms with E-state index in [-0.39, 0.29) is 11.9 Å². The monoisotopic (exact) mass is 303 g/mol. The molecule has 1 aromatic rings. The fraction of sp³-hybridized carbons (Fsp3) is 0.500. The van der Waals surface area contributed by atoms with Crippen LogP contribution in [-0.4, -0.2) is 36.6 Å². The third kappa shape index (κ3) is 4.03. The summed E-state index contributed by atoms with van der Waals surface area (Å²) in [5, 5.41) is 0. The molecule has 1 aliphatic carbocycles. The van der Waals surface area contributed by atoms with Gasteiger partial charge in [-0.05, 0) is 57.4 Å². The summed E-state index contributed by atoms with van der Waals surface area (Å²) < 4.78 is 10.8. The lowest BCUT2D eigenvalue weighted by Gasteiger charge is -2.25. The van der Waals surface area contributed by atoms with Crippen LogP contribution in [0.15, 0.2) is 24.3 Å². The molecule has 1 fully saturated rings. The number of hydrogen-bond acceptors (Lipinski definition) is 3. The zero-order chi connectivity index (χ0) is 16.1. The van der Waals surface area contributed by atoms with E-state index < -0.39 is 0 Å². The molecule has 0 unspecified atom stereocenters. The van der Waals surface area contributed by atoms with Crippen LogP contribution in [0.5, 0.6) is 11.5 Å². The maximum absolute atomic E-state index is 12.3. The Kier molecular flexibility index (Phi) is 5.47. The fourth-order valence-corrected chi connectivity index (χ4v) is 2.52. The van der Waals surface area contributed by atoms with E-state index in [1.807, 2.05) is 36.1 Å². The average molecular weight is 303 g/mol. The second-order valence-corrected chi connectivity index (χ2v) is 5.75. The van der Waals surface area contributed by atoms with Crippen molar-refractivity contribution in [1.82, 2.24) is 4.90 Å². The van der Waals surface area contributed by atoms with Crippen molar-refractivity contribution in [1.29, 1.82) is 0 Å². The van der Waals surface area contributed by atoms with Crippen molar-refractivity contribution in [2.75, 3.05) is 13.7 Å². The largest absolute Gasteiger partial charge is 0.493 e. The number of rotatable bonds is 7. The number of carbonyl (C=O) groups excluding carboxylic acids is 1. The summed E-state index contributed by atoms with van der Waals surface area (Å²) in [6, 6.07) is 6.33. The summed E-state index contributed by atoms with van der Waals surface area (Å²) in [6.45, 7) is 6.65. The molecule has 0 bridgehead atoms. The van der Waals surface area contributed by atoms with E-state index in [4.69, 9.17) is 9.47 Å². The highest BCUT2D eigenvalue weighted by atomic mass is 16.5. The minimum absolute atomic E-state index is 0.0744. The number of methoxy groups -OCH3 is 1. The third-order valence-corrected chi connectivity index (χ3v) is 3.66. The molecule has 1 aromatic carbocycles. The Hall–Kier alpha value is -1.97. The molecule has 0 radical (unpaired) electrons. The Bertz CT molecular complexity index is 545. The van der Waals surface area contributed by atoms with E-state index in [1.165, 1.54) is 0 Å². The number of amides is 1. The molecule has 0 aliphatic heterocycles. The zero-order valence-electron chi connectivity index (χ0n) is 13.8. The van der Waals surface area contributed by atoms with Crippen molar-refractivity contribution in [2.24, 2.45) is 0 Å². The summed E-state index contributed by atoms with van der Waals surface area (Å²) in [7, 11) is 1.62. The first-order valence-corrected chi connectivity index (χ1v) is 7.88. The number of ether oxygens (including phenoxy) is 2. The van der Waals surface area contributed by atoms with E-state index in [1.54, 1.807) is 13.2 Å². The molecule has 0 aromatic heterocycles. The second-order valence-electron chi connectivity index (χ2n) is 5.75. The lowest BCUT2D eigenvalue weighted by molar-refractivity contribution is -0.128. The Morgan fingerprint density at radius 3 is 2.64 bits per heavy atom. The average Bonchev–Trinajstić information content (AvgIpc) is 3.31. The van der Waals surface area contributed by atoms with Gasteiger partial charge in [-0.1, -0.05) is 6.07 Å². The Balaban J connectivity index is 2.10. The van der Waals surface area contributed by atoms with Crippen molar-refractivity contribution in [3.8, 4) is 11.5 Å². The van der Waals surface area contributed by atoms with Gasteiger partial charge in [0.05, 0.1) is 13.7 Å². The molecule has 0 saturated heterocycles. The van der Waals surface area contributed by atoms with Crippen molar-refractivity contribution in [2.45, 2.75) is 45.7 Å². The van der Waals surface area contributed by atoms with Crippen molar-refractivity contribution < 1.29 is 14.3 Å². The maximum Gasteiger partial charge on any atom is 0.247 e. The molecular weight excluding hydrogens is 278 g/mol. The molecule has 0 spiro atoms. The standard InChI is InChI=1S/C18H25NO3/c1-5-22-16-10-6-14(12-17(16)21-4)7-11-18(20)19(13(2)3)15-8-9-15/h6-7,10-13,15H,5,8-9H2,1-4H3/b11-7+. The van der Waals surface area contributed by atoms with Gasteiger partial charge in [0.25, 0.3) is 0 Å². The molecule has 2 rings (SSSR count). The van der Waals surface area contributed by atoms with Crippen molar-refractivity contribution in [3.63, 3.8) is 0 Å². The predicted molar refractivity (Wildman–Crippen MR) is 88.2 cm³/mol. The summed E-state index contributed by atoms with van der Waals surface area (Å²) in [6.07, 6.45) is 5.72. The van der Waals surface area contributed by atoms with Crippen LogP contribution in [-0.2, 0) is 4.79 Å². The minimum Gasteiger partial charge on any atom is -0.493 e. The van der Waals surface area contributed by atoms with Gasteiger partial charge in [-0.2, -0.15) is 0 Å². The summed E-state index contributed by atoms with van der Waals surface area (Å²) in [4.78, 5) is 14.3. The Morgan fingerprint density at radius 1 is 1.36 bits per heavy atom. The number of nitrogens with zero attached hydrogens (tertiary/aromatic N) is 1. The van der Waals surface area contributed by atoms with Crippen molar-refractivity contribution in [3.05, 3.63) is 29.8 Å². The van der Waals surface area contributed by atoms with E-state index >= 15 is 0 Å². The van der Waals surface area contributed by atoms with Gasteiger partial charge >= 0.3 is 0 Å². The smallest absolute Gasteiger partial charge is 0.247 e. The van der Waals surface area contributed by atoms with Crippen LogP contribution in [0.25, 0.3) is 6.08 Å². The van der Waals surface area contributed by atoms with Gasteiger partial charge in [0.1, 0.15) is 0 Å². The molecule has 1 amide bonds. The predicted octanol–water partition coefficient (Wildman–Crippen LogP) is 3.51. The minimum atomic E-state index is 0.0744. The van der Waals surface area contributed by atoms with Crippen LogP contribution >= 0.6 is 0 Å². The SMILES string of the molecule is CCOc1ccc(/C=C/C(=O)N(C(C)C)C2CC2)cc1OC. The van der Waals surface area contributed by atoms with Gasteiger partial charge in [-0.25, -0.2) is 0 Å². The van der Waals surface area contributed by atoms with Gasteiger partial charge < -0.3 is 14.4 Å². The lowest BCUT2D eigenvalue weighted by Crippen LogP contribution is -2.37. The normalized spacial score (nSPS) is 14.4. The van der Waals surface area contributed by atoms with Gasteiger partial charge in [-0.15, -0.1) is 0 Å². The van der Waals surface area contributed by atoms with Gasteiger partial charge in [0.15, 0.2) is 11.5 Å². The first-order chi connectivity index (χ1) is 10.6. The van der Waals surface area contributed by atoms with Gasteiger partial charge in [-0.3, -0.25) is 4.79 Å². The molecule has 22 heavy (non-hydrogen) atoms. The molecule has 1 saturated carbocycles. The highest BCUT2D eigenvalue weighted by Gasteiger charge is 2.33. The molecule has 0 N–H and O–H groups in total. The third-order valence-electron chi connectivity index (χ3n) is 3.66. The molecule has 4 nitrogen and oxygen atoms in total. The Labute approximate surface area is 132 Å². The van der Waals surface area contributed by atoms with Crippen LogP contribution in [0.3, 0.4) is 0 Å². The van der Waals surface area contributed by atoms with Crippen molar-refractivity contribution >= 4 is 12.0 Å². The molecule has 4 heteroatoms. The summed E-state index contributed by atoms with van der Waals surface area (Å²) in [5.74, 6) is 1.47. The molecule has 0 heterocycles. The first kappa shape index (κ1) is 16.4. The van der Waals surface area contributed by atoms with Crippen LogP contribution < -0.4 is 9.47 Å². The van der Waals surface area contributed by atoms with Crippen LogP contribution in [0.1, 0.15) is 39.2 Å². The molecular formula is C18H25NO3. The quantitative estimate of drug-likeness (QED) is 0.724. The van der Waals surface area contributed by atoms with E-state index in [0.717, 1.165) is 24.2 Å². The van der Waals surface area contributed by atoms with E-state index in [9.17, 15) is 4.79 Å². The summed E-state index contributed by atoms with van der Waals surface area (Å²) in [5.41, 5.74) is 0.924. The number of carbonyl (C=O) groups is 1. The molecule has 1 aliphatic rings. The van der Waals surface area contributed by atoms with Crippen LogP contribution in [0, 0.1) is 0 Å². The Morgan fingerprint density at radius 2 is 2.09 bits per heavy atom. The van der Waals surface area contributed by atoms with E-state index in [0.29, 0.717) is 18.4 Å². The van der Waals surface area contributed by atoms with Gasteiger partial charge in [0, 0.05) is 18.2 Å². The molecule has 120 valence electrons. The highest BCUT2D eigenvalue weighted by molar-refractivity contribution is 5.92. The number of benzene rings is 1. The van der Waals surface area contributed by atoms with Crippen LogP contribution in [0.2, 0.25) is 0 Å². The van der Waals surface area contributed by atoms with E-state index in [2.05, 4.69) is 13.8 Å². The summed E-state index contributed by atoms with van der Waals surface area (Å²) >= 11 is 0. The fourth-order valence-electron chi connectivity index (χ4n) is 2.52. The molecule has 0 atom stereocenters. The van der Waals surface area contributed by atoms with Gasteiger partial charge in [0.2, 0.25) is 5.91 Å². The first-order valence-electron chi connectivity index (χ1n) is 7.88. The van der Waals surface area contributed by atoms with Crippen LogP contribution in [0.4, 0.5) is 0 Å². The maximum atomic E-state index is 12.3. The zero-order valence-corrected chi connectivity index (χ0v) is 13.8.